The molecule has 1 atom stereocenters. The van der Waals surface area contributed by atoms with E-state index in [-0.39, 0.29) is 11.9 Å². The summed E-state index contributed by atoms with van der Waals surface area (Å²) in [7, 11) is 0. The average Bonchev–Trinajstić information content (AvgIpc) is 2.92. The molecule has 2 heterocycles. The molecule has 2 N–H and O–H groups in total. The van der Waals surface area contributed by atoms with E-state index >= 15 is 0 Å². The third-order valence-corrected chi connectivity index (χ3v) is 3.99. The van der Waals surface area contributed by atoms with Crippen LogP contribution in [0.2, 0.25) is 0 Å². The molecule has 1 saturated carbocycles. The topological polar surface area (TPSA) is 83.3 Å². The van der Waals surface area contributed by atoms with Gasteiger partial charge in [0.25, 0.3) is 0 Å². The molecule has 3 rings (SSSR count). The molecule has 1 aromatic heterocycles. The number of aromatic nitrogens is 2. The highest BCUT2D eigenvalue weighted by Gasteiger charge is 2.27. The Morgan fingerprint density at radius 2 is 2.24 bits per heavy atom. The van der Waals surface area contributed by atoms with Crippen LogP contribution >= 0.6 is 0 Å². The molecule has 7 nitrogen and oxygen atoms in total. The van der Waals surface area contributed by atoms with Gasteiger partial charge in [-0.1, -0.05) is 5.10 Å². The molecular formula is C14H23N5O2. The van der Waals surface area contributed by atoms with E-state index in [2.05, 4.69) is 25.7 Å². The fourth-order valence-corrected chi connectivity index (χ4v) is 2.80. The predicted molar refractivity (Wildman–Crippen MR) is 77.9 cm³/mol. The Hall–Kier alpha value is -1.47. The Morgan fingerprint density at radius 1 is 1.38 bits per heavy atom. The summed E-state index contributed by atoms with van der Waals surface area (Å²) in [6.07, 6.45) is 5.01. The molecule has 0 aromatic carbocycles. The Bertz CT molecular complexity index is 479. The molecule has 1 unspecified atom stereocenters. The summed E-state index contributed by atoms with van der Waals surface area (Å²) >= 11 is 0. The number of amides is 1. The Morgan fingerprint density at radius 3 is 2.86 bits per heavy atom. The number of aryl methyl sites for hydroxylation is 1. The van der Waals surface area contributed by atoms with Gasteiger partial charge in [0.2, 0.25) is 11.8 Å². The van der Waals surface area contributed by atoms with Crippen molar-refractivity contribution in [1.82, 2.24) is 20.4 Å². The van der Waals surface area contributed by atoms with Crippen LogP contribution in [0.5, 0.6) is 0 Å². The summed E-state index contributed by atoms with van der Waals surface area (Å²) in [6.45, 7) is 5.13. The van der Waals surface area contributed by atoms with Crippen LogP contribution in [0.25, 0.3) is 0 Å². The van der Waals surface area contributed by atoms with Gasteiger partial charge in [-0.25, -0.2) is 0 Å². The maximum atomic E-state index is 12.1. The second-order valence-corrected chi connectivity index (χ2v) is 6.11. The molecule has 0 radical (unpaired) electrons. The lowest BCUT2D eigenvalue weighted by molar-refractivity contribution is -0.117. The van der Waals surface area contributed by atoms with Crippen molar-refractivity contribution in [3.05, 3.63) is 5.89 Å². The quantitative estimate of drug-likeness (QED) is 0.773. The van der Waals surface area contributed by atoms with Gasteiger partial charge in [-0.2, -0.15) is 0 Å². The first kappa shape index (κ1) is 14.5. The Labute approximate surface area is 124 Å². The molecule has 2 aliphatic rings. The van der Waals surface area contributed by atoms with Gasteiger partial charge >= 0.3 is 6.01 Å². The minimum absolute atomic E-state index is 0.0858. The molecule has 1 amide bonds. The molecule has 1 aliphatic heterocycles. The Balaban J connectivity index is 1.50. The SMILES string of the molecule is Cc1nnc(NC(=O)CN(CC2CC2)CC2CCCN2)o1. The monoisotopic (exact) mass is 293 g/mol. The zero-order chi connectivity index (χ0) is 14.7. The van der Waals surface area contributed by atoms with Crippen molar-refractivity contribution in [2.24, 2.45) is 5.92 Å². The lowest BCUT2D eigenvalue weighted by Gasteiger charge is -2.24. The smallest absolute Gasteiger partial charge is 0.322 e. The summed E-state index contributed by atoms with van der Waals surface area (Å²) in [4.78, 5) is 14.4. The van der Waals surface area contributed by atoms with Gasteiger partial charge in [0.15, 0.2) is 0 Å². The van der Waals surface area contributed by atoms with Crippen molar-refractivity contribution in [2.45, 2.75) is 38.6 Å². The first-order valence-corrected chi connectivity index (χ1v) is 7.75. The molecule has 21 heavy (non-hydrogen) atoms. The van der Waals surface area contributed by atoms with E-state index < -0.39 is 0 Å². The third kappa shape index (κ3) is 4.50. The zero-order valence-corrected chi connectivity index (χ0v) is 12.5. The van der Waals surface area contributed by atoms with Crippen LogP contribution in [0, 0.1) is 12.8 Å². The van der Waals surface area contributed by atoms with Gasteiger partial charge in [-0.05, 0) is 38.1 Å². The van der Waals surface area contributed by atoms with Crippen LogP contribution in [0.1, 0.15) is 31.6 Å². The summed E-state index contributed by atoms with van der Waals surface area (Å²) in [5.74, 6) is 1.14. The van der Waals surface area contributed by atoms with Gasteiger partial charge in [-0.15, -0.1) is 5.10 Å². The second kappa shape index (κ2) is 6.53. The zero-order valence-electron chi connectivity index (χ0n) is 12.5. The van der Waals surface area contributed by atoms with Crippen LogP contribution in [-0.2, 0) is 4.79 Å². The number of nitrogens with one attached hydrogen (secondary N) is 2. The van der Waals surface area contributed by atoms with Gasteiger partial charge in [0.1, 0.15) is 0 Å². The van der Waals surface area contributed by atoms with E-state index in [1.54, 1.807) is 6.92 Å². The third-order valence-electron chi connectivity index (χ3n) is 3.99. The van der Waals surface area contributed by atoms with E-state index in [9.17, 15) is 4.79 Å². The lowest BCUT2D eigenvalue weighted by atomic mass is 10.2. The van der Waals surface area contributed by atoms with Crippen LogP contribution in [-0.4, -0.2) is 53.2 Å². The maximum absolute atomic E-state index is 12.1. The molecule has 1 aliphatic carbocycles. The van der Waals surface area contributed by atoms with Gasteiger partial charge in [-0.3, -0.25) is 15.0 Å². The highest BCUT2D eigenvalue weighted by molar-refractivity contribution is 5.90. The molecule has 1 aromatic rings. The summed E-state index contributed by atoms with van der Waals surface area (Å²) in [5.41, 5.74) is 0. The van der Waals surface area contributed by atoms with E-state index in [1.807, 2.05) is 0 Å². The largest absolute Gasteiger partial charge is 0.408 e. The number of nitrogens with zero attached hydrogens (tertiary/aromatic N) is 3. The average molecular weight is 293 g/mol. The maximum Gasteiger partial charge on any atom is 0.322 e. The number of hydrogen-bond acceptors (Lipinski definition) is 6. The van der Waals surface area contributed by atoms with Gasteiger partial charge < -0.3 is 9.73 Å². The first-order chi connectivity index (χ1) is 10.2. The molecule has 2 fully saturated rings. The number of hydrogen-bond donors (Lipinski definition) is 2. The number of rotatable bonds is 7. The minimum Gasteiger partial charge on any atom is -0.408 e. The standard InChI is InChI=1S/C14H23N5O2/c1-10-17-18-14(21-10)16-13(20)9-19(7-11-4-5-11)8-12-3-2-6-15-12/h11-12,15H,2-9H2,1H3,(H,16,18,20). The number of carbonyl (C=O) groups excluding carboxylic acids is 1. The number of carbonyl (C=O) groups is 1. The van der Waals surface area contributed by atoms with E-state index in [0.717, 1.165) is 25.6 Å². The van der Waals surface area contributed by atoms with E-state index in [4.69, 9.17) is 4.42 Å². The van der Waals surface area contributed by atoms with E-state index in [1.165, 1.54) is 25.7 Å². The van der Waals surface area contributed by atoms with Crippen LogP contribution in [0.3, 0.4) is 0 Å². The summed E-state index contributed by atoms with van der Waals surface area (Å²) in [6, 6.07) is 0.699. The van der Waals surface area contributed by atoms with Crippen molar-refractivity contribution >= 4 is 11.9 Å². The summed E-state index contributed by atoms with van der Waals surface area (Å²) in [5, 5.41) is 13.7. The van der Waals surface area contributed by atoms with Crippen molar-refractivity contribution in [2.75, 3.05) is 31.5 Å². The molecule has 0 bridgehead atoms. The minimum atomic E-state index is -0.0858. The van der Waals surface area contributed by atoms with Crippen LogP contribution < -0.4 is 10.6 Å². The normalized spacial score (nSPS) is 21.9. The molecule has 0 spiro atoms. The fourth-order valence-electron chi connectivity index (χ4n) is 2.80. The van der Waals surface area contributed by atoms with Crippen LogP contribution in [0.15, 0.2) is 4.42 Å². The Kier molecular flexibility index (Phi) is 4.50. The number of anilines is 1. The van der Waals surface area contributed by atoms with Crippen molar-refractivity contribution in [3.8, 4) is 0 Å². The molecule has 1 saturated heterocycles. The van der Waals surface area contributed by atoms with E-state index in [0.29, 0.717) is 18.5 Å². The van der Waals surface area contributed by atoms with Crippen molar-refractivity contribution in [3.63, 3.8) is 0 Å². The van der Waals surface area contributed by atoms with Crippen molar-refractivity contribution in [1.29, 1.82) is 0 Å². The fraction of sp³-hybridized carbons (Fsp3) is 0.786. The molecule has 116 valence electrons. The molecular weight excluding hydrogens is 270 g/mol. The predicted octanol–water partition coefficient (Wildman–Crippen LogP) is 0.781. The highest BCUT2D eigenvalue weighted by atomic mass is 16.4. The second-order valence-electron chi connectivity index (χ2n) is 6.11. The van der Waals surface area contributed by atoms with Crippen LogP contribution in [0.4, 0.5) is 6.01 Å². The van der Waals surface area contributed by atoms with Gasteiger partial charge in [0, 0.05) is 26.1 Å². The first-order valence-electron chi connectivity index (χ1n) is 7.75. The molecule has 7 heteroatoms. The summed E-state index contributed by atoms with van der Waals surface area (Å²) < 4.78 is 5.18. The lowest BCUT2D eigenvalue weighted by Crippen LogP contribution is -2.42. The highest BCUT2D eigenvalue weighted by Crippen LogP contribution is 2.29. The van der Waals surface area contributed by atoms with Crippen molar-refractivity contribution < 1.29 is 9.21 Å². The van der Waals surface area contributed by atoms with Gasteiger partial charge in [0.05, 0.1) is 6.54 Å².